The average Bonchev–Trinajstić information content (AvgIpc) is 2.95. The van der Waals surface area contributed by atoms with E-state index in [0.717, 1.165) is 51.5 Å². The molecule has 0 bridgehead atoms. The number of allylic oxidation sites excluding steroid dienone is 1. The molecule has 1 unspecified atom stereocenters. The molecule has 2 rings (SSSR count). The summed E-state index contributed by atoms with van der Waals surface area (Å²) < 4.78 is 0. The lowest BCUT2D eigenvalue weighted by molar-refractivity contribution is -0.137. The lowest BCUT2D eigenvalue weighted by atomic mass is 10.1. The summed E-state index contributed by atoms with van der Waals surface area (Å²) in [5.41, 5.74) is 1.34. The van der Waals surface area contributed by atoms with Crippen molar-refractivity contribution in [1.82, 2.24) is 4.90 Å². The van der Waals surface area contributed by atoms with Crippen LogP contribution in [0, 0.1) is 0 Å². The number of nitrogens with zero attached hydrogens (tertiary/aromatic N) is 1. The van der Waals surface area contributed by atoms with Gasteiger partial charge in [-0.25, -0.2) is 0 Å². The molecule has 136 valence electrons. The minimum absolute atomic E-state index is 0.238. The second-order valence-electron chi connectivity index (χ2n) is 6.70. The SMILES string of the molecule is O=C(O)CCCCCCN1C(=O)CCC1C=CCCc1ccccc1. The highest BCUT2D eigenvalue weighted by Crippen LogP contribution is 2.21. The zero-order valence-corrected chi connectivity index (χ0v) is 14.9. The molecule has 0 spiro atoms. The van der Waals surface area contributed by atoms with E-state index in [1.54, 1.807) is 0 Å². The molecule has 1 aliphatic rings. The Bertz CT molecular complexity index is 568. The highest BCUT2D eigenvalue weighted by atomic mass is 16.4. The Hall–Kier alpha value is -2.10. The summed E-state index contributed by atoms with van der Waals surface area (Å²) in [5, 5.41) is 8.63. The number of benzene rings is 1. The largest absolute Gasteiger partial charge is 0.481 e. The maximum absolute atomic E-state index is 12.1. The summed E-state index contributed by atoms with van der Waals surface area (Å²) in [4.78, 5) is 24.5. The van der Waals surface area contributed by atoms with Gasteiger partial charge in [-0.3, -0.25) is 9.59 Å². The Morgan fingerprint density at radius 3 is 2.68 bits per heavy atom. The molecule has 1 atom stereocenters. The minimum atomic E-state index is -0.726. The van der Waals surface area contributed by atoms with Gasteiger partial charge in [0.15, 0.2) is 0 Å². The number of hydrogen-bond donors (Lipinski definition) is 1. The highest BCUT2D eigenvalue weighted by molar-refractivity contribution is 5.79. The fourth-order valence-electron chi connectivity index (χ4n) is 3.31. The van der Waals surface area contributed by atoms with Gasteiger partial charge in [-0.15, -0.1) is 0 Å². The molecule has 1 N–H and O–H groups in total. The highest BCUT2D eigenvalue weighted by Gasteiger charge is 2.28. The third-order valence-electron chi connectivity index (χ3n) is 4.72. The van der Waals surface area contributed by atoms with Crippen LogP contribution in [0.2, 0.25) is 0 Å². The second kappa shape index (κ2) is 10.7. The average molecular weight is 343 g/mol. The molecular weight excluding hydrogens is 314 g/mol. The maximum Gasteiger partial charge on any atom is 0.303 e. The molecule has 1 amide bonds. The molecule has 25 heavy (non-hydrogen) atoms. The first-order valence-corrected chi connectivity index (χ1v) is 9.38. The summed E-state index contributed by atoms with van der Waals surface area (Å²) >= 11 is 0. The number of carbonyl (C=O) groups excluding carboxylic acids is 1. The third-order valence-corrected chi connectivity index (χ3v) is 4.72. The summed E-state index contributed by atoms with van der Waals surface area (Å²) in [5.74, 6) is -0.473. The lowest BCUT2D eigenvalue weighted by Crippen LogP contribution is -2.32. The predicted molar refractivity (Wildman–Crippen MR) is 99.4 cm³/mol. The number of carboxylic acids is 1. The molecule has 4 nitrogen and oxygen atoms in total. The number of carbonyl (C=O) groups is 2. The van der Waals surface area contributed by atoms with Gasteiger partial charge in [0.2, 0.25) is 5.91 Å². The van der Waals surface area contributed by atoms with Crippen molar-refractivity contribution in [3.05, 3.63) is 48.0 Å². The zero-order chi connectivity index (χ0) is 17.9. The zero-order valence-electron chi connectivity index (χ0n) is 14.9. The molecule has 1 aliphatic heterocycles. The number of rotatable bonds is 11. The van der Waals surface area contributed by atoms with Crippen LogP contribution in [0.3, 0.4) is 0 Å². The van der Waals surface area contributed by atoms with Gasteiger partial charge in [0.05, 0.1) is 6.04 Å². The van der Waals surface area contributed by atoms with Gasteiger partial charge in [0.25, 0.3) is 0 Å². The van der Waals surface area contributed by atoms with Crippen LogP contribution in [-0.4, -0.2) is 34.5 Å². The van der Waals surface area contributed by atoms with Gasteiger partial charge in [-0.05, 0) is 37.7 Å². The Morgan fingerprint density at radius 2 is 1.92 bits per heavy atom. The number of carboxylic acid groups (broad SMARTS) is 1. The summed E-state index contributed by atoms with van der Waals surface area (Å²) in [7, 11) is 0. The van der Waals surface area contributed by atoms with Crippen molar-refractivity contribution in [2.24, 2.45) is 0 Å². The van der Waals surface area contributed by atoms with Crippen molar-refractivity contribution >= 4 is 11.9 Å². The smallest absolute Gasteiger partial charge is 0.303 e. The molecular formula is C21H29NO3. The van der Waals surface area contributed by atoms with E-state index >= 15 is 0 Å². The van der Waals surface area contributed by atoms with Gasteiger partial charge in [-0.1, -0.05) is 55.3 Å². The first-order valence-electron chi connectivity index (χ1n) is 9.38. The number of likely N-dealkylation sites (tertiary alicyclic amines) is 1. The molecule has 0 aromatic heterocycles. The van der Waals surface area contributed by atoms with Crippen LogP contribution >= 0.6 is 0 Å². The van der Waals surface area contributed by atoms with Crippen LogP contribution in [0.1, 0.15) is 56.9 Å². The van der Waals surface area contributed by atoms with Gasteiger partial charge in [0.1, 0.15) is 0 Å². The first kappa shape index (κ1) is 19.2. The van der Waals surface area contributed by atoms with Gasteiger partial charge < -0.3 is 10.0 Å². The van der Waals surface area contributed by atoms with Crippen LogP contribution in [0.4, 0.5) is 0 Å². The van der Waals surface area contributed by atoms with E-state index in [-0.39, 0.29) is 18.4 Å². The lowest BCUT2D eigenvalue weighted by Gasteiger charge is -2.22. The number of hydrogen-bond acceptors (Lipinski definition) is 2. The number of aryl methyl sites for hydroxylation is 1. The van der Waals surface area contributed by atoms with Crippen LogP contribution < -0.4 is 0 Å². The van der Waals surface area contributed by atoms with E-state index in [1.165, 1.54) is 5.56 Å². The second-order valence-corrected chi connectivity index (χ2v) is 6.70. The van der Waals surface area contributed by atoms with Crippen LogP contribution in [0.15, 0.2) is 42.5 Å². The molecule has 4 heteroatoms. The van der Waals surface area contributed by atoms with Crippen LogP contribution in [0.5, 0.6) is 0 Å². The van der Waals surface area contributed by atoms with E-state index in [0.29, 0.717) is 6.42 Å². The third kappa shape index (κ3) is 7.12. The summed E-state index contributed by atoms with van der Waals surface area (Å²) in [6.45, 7) is 0.791. The van der Waals surface area contributed by atoms with Crippen molar-refractivity contribution in [2.75, 3.05) is 6.54 Å². The predicted octanol–water partition coefficient (Wildman–Crippen LogP) is 4.20. The quantitative estimate of drug-likeness (QED) is 0.484. The summed E-state index contributed by atoms with van der Waals surface area (Å²) in [6, 6.07) is 10.7. The normalized spacial score (nSPS) is 17.5. The molecule has 1 saturated heterocycles. The van der Waals surface area contributed by atoms with E-state index in [2.05, 4.69) is 36.4 Å². The standard InChI is InChI=1S/C21H29NO3/c23-20-16-15-19(13-8-7-12-18-10-4-3-5-11-18)22(20)17-9-2-1-6-14-21(24)25/h3-5,8,10-11,13,19H,1-2,6-7,9,12,14-17H2,(H,24,25). The molecule has 0 saturated carbocycles. The van der Waals surface area contributed by atoms with E-state index in [9.17, 15) is 9.59 Å². The van der Waals surface area contributed by atoms with Crippen molar-refractivity contribution in [1.29, 1.82) is 0 Å². The Balaban J connectivity index is 1.67. The van der Waals surface area contributed by atoms with Gasteiger partial charge in [-0.2, -0.15) is 0 Å². The van der Waals surface area contributed by atoms with E-state index in [1.807, 2.05) is 11.0 Å². The molecule has 0 aliphatic carbocycles. The minimum Gasteiger partial charge on any atom is -0.481 e. The maximum atomic E-state index is 12.1. The fourth-order valence-corrected chi connectivity index (χ4v) is 3.31. The molecule has 1 aromatic rings. The van der Waals surface area contributed by atoms with Crippen molar-refractivity contribution < 1.29 is 14.7 Å². The van der Waals surface area contributed by atoms with Crippen molar-refractivity contribution in [2.45, 2.75) is 63.8 Å². The molecule has 1 heterocycles. The van der Waals surface area contributed by atoms with Gasteiger partial charge in [0, 0.05) is 19.4 Å². The van der Waals surface area contributed by atoms with E-state index < -0.39 is 5.97 Å². The molecule has 1 fully saturated rings. The van der Waals surface area contributed by atoms with E-state index in [4.69, 9.17) is 5.11 Å². The Morgan fingerprint density at radius 1 is 1.16 bits per heavy atom. The number of unbranched alkanes of at least 4 members (excludes halogenated alkanes) is 3. The van der Waals surface area contributed by atoms with Crippen LogP contribution in [-0.2, 0) is 16.0 Å². The Labute approximate surface area is 150 Å². The van der Waals surface area contributed by atoms with Crippen molar-refractivity contribution in [3.63, 3.8) is 0 Å². The topological polar surface area (TPSA) is 57.6 Å². The van der Waals surface area contributed by atoms with Crippen molar-refractivity contribution in [3.8, 4) is 0 Å². The molecule has 0 radical (unpaired) electrons. The Kier molecular flexibility index (Phi) is 8.23. The summed E-state index contributed by atoms with van der Waals surface area (Å²) in [6.07, 6.45) is 11.8. The number of amides is 1. The van der Waals surface area contributed by atoms with Gasteiger partial charge >= 0.3 is 5.97 Å². The van der Waals surface area contributed by atoms with Crippen LogP contribution in [0.25, 0.3) is 0 Å². The first-order chi connectivity index (χ1) is 12.2. The fraction of sp³-hybridized carbons (Fsp3) is 0.524. The monoisotopic (exact) mass is 343 g/mol. The number of aliphatic carboxylic acids is 1. The molecule has 1 aromatic carbocycles.